The number of aromatic amines is 1. The summed E-state index contributed by atoms with van der Waals surface area (Å²) in [7, 11) is 0. The van der Waals surface area contributed by atoms with Crippen LogP contribution in [0.2, 0.25) is 0 Å². The molecule has 5 N–H and O–H groups in total. The zero-order chi connectivity index (χ0) is 20.6. The van der Waals surface area contributed by atoms with Gasteiger partial charge < -0.3 is 20.6 Å². The summed E-state index contributed by atoms with van der Waals surface area (Å²) in [5.41, 5.74) is 3.02. The van der Waals surface area contributed by atoms with Gasteiger partial charge in [0.25, 0.3) is 0 Å². The van der Waals surface area contributed by atoms with Crippen molar-refractivity contribution in [2.45, 2.75) is 57.7 Å². The number of nitrogens with zero attached hydrogens (tertiary/aromatic N) is 3. The van der Waals surface area contributed by atoms with Gasteiger partial charge in [0.05, 0.1) is 11.9 Å². The van der Waals surface area contributed by atoms with E-state index in [4.69, 9.17) is 4.74 Å². The van der Waals surface area contributed by atoms with Crippen LogP contribution in [0.1, 0.15) is 40.5 Å². The predicted octanol–water partition coefficient (Wildman–Crippen LogP) is 3.52. The number of aromatic hydroxyl groups is 1. The lowest BCUT2D eigenvalue weighted by molar-refractivity contribution is 0.0524. The molecule has 3 heterocycles. The van der Waals surface area contributed by atoms with Gasteiger partial charge in [-0.05, 0) is 51.5 Å². The van der Waals surface area contributed by atoms with Crippen LogP contribution in [-0.4, -0.2) is 48.2 Å². The molecule has 8 nitrogen and oxygen atoms in total. The zero-order valence-corrected chi connectivity index (χ0v) is 19.0. The second-order valence-corrected chi connectivity index (χ2v) is 9.02. The summed E-state index contributed by atoms with van der Waals surface area (Å²) >= 11 is 0. The molecule has 0 spiro atoms. The Kier molecular flexibility index (Phi) is 7.31. The number of phenolic OH excluding ortho intramolecular Hbond substituents is 1. The summed E-state index contributed by atoms with van der Waals surface area (Å²) in [6.07, 6.45) is 5.36. The molecule has 4 rings (SSSR count). The van der Waals surface area contributed by atoms with Crippen molar-refractivity contribution in [2.75, 3.05) is 0 Å². The fourth-order valence-electron chi connectivity index (χ4n) is 4.35. The summed E-state index contributed by atoms with van der Waals surface area (Å²) in [6.45, 7) is 8.76. The van der Waals surface area contributed by atoms with Gasteiger partial charge in [-0.1, -0.05) is 6.07 Å². The van der Waals surface area contributed by atoms with Crippen molar-refractivity contribution >= 4 is 12.4 Å². The van der Waals surface area contributed by atoms with Gasteiger partial charge in [-0.15, -0.1) is 22.6 Å². The summed E-state index contributed by atoms with van der Waals surface area (Å²) in [6, 6.07) is 9.09. The van der Waals surface area contributed by atoms with E-state index in [-0.39, 0.29) is 40.8 Å². The Morgan fingerprint density at radius 1 is 1.00 bits per heavy atom. The monoisotopic (exact) mass is 447 g/mol. The number of aromatic nitrogens is 4. The first kappa shape index (κ1) is 24.6. The molecule has 1 fully saturated rings. The van der Waals surface area contributed by atoms with E-state index in [1.165, 1.54) is 0 Å². The molecule has 1 aromatic carbocycles. The molecule has 0 amide bonds. The first-order valence-electron chi connectivity index (χ1n) is 9.83. The smallest absolute Gasteiger partial charge is 0.233 e. The average molecular weight is 448 g/mol. The molecule has 168 valence electrons. The normalized spacial score (nSPS) is 17.3. The molecule has 1 saturated heterocycles. The van der Waals surface area contributed by atoms with Crippen LogP contribution in [0.4, 0.5) is 0 Å². The van der Waals surface area contributed by atoms with Crippen molar-refractivity contribution < 1.29 is 15.3 Å². The second-order valence-electron chi connectivity index (χ2n) is 9.02. The van der Waals surface area contributed by atoms with Gasteiger partial charge in [0.1, 0.15) is 11.9 Å². The summed E-state index contributed by atoms with van der Waals surface area (Å²) in [4.78, 5) is 0. The van der Waals surface area contributed by atoms with E-state index in [2.05, 4.69) is 53.4 Å². The fraction of sp³-hybridized carbons (Fsp3) is 0.409. The zero-order valence-electron chi connectivity index (χ0n) is 18.1. The third-order valence-corrected chi connectivity index (χ3v) is 5.19. The van der Waals surface area contributed by atoms with E-state index >= 15 is 0 Å². The molecule has 1 aliphatic heterocycles. The van der Waals surface area contributed by atoms with Crippen LogP contribution in [0.15, 0.2) is 42.7 Å². The van der Waals surface area contributed by atoms with Crippen LogP contribution < -0.4 is 10.1 Å². The van der Waals surface area contributed by atoms with Crippen LogP contribution in [0.3, 0.4) is 0 Å². The lowest BCUT2D eigenvalue weighted by atomic mass is 9.81. The van der Waals surface area contributed by atoms with Gasteiger partial charge in [-0.2, -0.15) is 5.10 Å². The second kappa shape index (κ2) is 9.21. The molecule has 3 aromatic rings. The number of hydrogen-bond donors (Lipinski definition) is 3. The largest absolute Gasteiger partial charge is 0.507 e. The van der Waals surface area contributed by atoms with Crippen LogP contribution in [0.5, 0.6) is 11.6 Å². The minimum Gasteiger partial charge on any atom is -0.507 e. The molecule has 0 radical (unpaired) electrons. The number of H-pyrrole nitrogens is 1. The number of benzene rings is 1. The molecule has 0 unspecified atom stereocenters. The summed E-state index contributed by atoms with van der Waals surface area (Å²) < 4.78 is 6.13. The minimum atomic E-state index is 0. The number of nitrogens with one attached hydrogen (secondary N) is 2. The van der Waals surface area contributed by atoms with E-state index in [0.29, 0.717) is 17.1 Å². The Hall–Kier alpha value is -2.68. The van der Waals surface area contributed by atoms with E-state index in [1.807, 2.05) is 24.3 Å². The van der Waals surface area contributed by atoms with Crippen LogP contribution in [0, 0.1) is 0 Å². The third-order valence-electron chi connectivity index (χ3n) is 5.19. The highest BCUT2D eigenvalue weighted by Gasteiger charge is 2.38. The average Bonchev–Trinajstić information content (AvgIpc) is 3.14. The number of phenols is 1. The number of halogens is 1. The van der Waals surface area contributed by atoms with Crippen LogP contribution in [-0.2, 0) is 0 Å². The lowest BCUT2D eigenvalue weighted by Crippen LogP contribution is -2.60. The molecule has 1 aliphatic rings. The highest BCUT2D eigenvalue weighted by atomic mass is 35.5. The molecule has 0 saturated carbocycles. The topological polar surface area (TPSA) is 127 Å². The Labute approximate surface area is 188 Å². The molecule has 31 heavy (non-hydrogen) atoms. The van der Waals surface area contributed by atoms with E-state index in [0.717, 1.165) is 24.0 Å². The lowest BCUT2D eigenvalue weighted by Gasteiger charge is -2.46. The quantitative estimate of drug-likeness (QED) is 0.561. The van der Waals surface area contributed by atoms with E-state index in [9.17, 15) is 5.11 Å². The Balaban J connectivity index is 0.00000171. The van der Waals surface area contributed by atoms with Gasteiger partial charge in [-0.25, -0.2) is 0 Å². The first-order chi connectivity index (χ1) is 13.7. The molecule has 9 heteroatoms. The highest BCUT2D eigenvalue weighted by Crippen LogP contribution is 2.33. The van der Waals surface area contributed by atoms with Crippen molar-refractivity contribution in [3.05, 3.63) is 42.7 Å². The van der Waals surface area contributed by atoms with Crippen molar-refractivity contribution in [1.29, 1.82) is 0 Å². The van der Waals surface area contributed by atoms with Gasteiger partial charge in [0.2, 0.25) is 5.88 Å². The Morgan fingerprint density at radius 3 is 2.26 bits per heavy atom. The number of piperidine rings is 1. The maximum atomic E-state index is 10.5. The summed E-state index contributed by atoms with van der Waals surface area (Å²) in [5.74, 6) is 0.648. The first-order valence-corrected chi connectivity index (χ1v) is 9.83. The van der Waals surface area contributed by atoms with Gasteiger partial charge in [0, 0.05) is 47.3 Å². The van der Waals surface area contributed by atoms with Gasteiger partial charge in [-0.3, -0.25) is 5.10 Å². The molecular weight excluding hydrogens is 418 g/mol. The van der Waals surface area contributed by atoms with Gasteiger partial charge in [0.15, 0.2) is 0 Å². The Morgan fingerprint density at radius 2 is 1.71 bits per heavy atom. The maximum Gasteiger partial charge on any atom is 0.233 e. The highest BCUT2D eigenvalue weighted by molar-refractivity contribution is 5.85. The van der Waals surface area contributed by atoms with Gasteiger partial charge >= 0.3 is 0 Å². The van der Waals surface area contributed by atoms with Crippen molar-refractivity contribution in [1.82, 2.24) is 25.7 Å². The fourth-order valence-corrected chi connectivity index (χ4v) is 4.35. The van der Waals surface area contributed by atoms with E-state index in [1.54, 1.807) is 18.5 Å². The maximum absolute atomic E-state index is 10.5. The van der Waals surface area contributed by atoms with Crippen molar-refractivity contribution in [3.63, 3.8) is 0 Å². The standard InChI is InChI=1S/C22H27N5O2.ClH.H2O/c1-21(2)10-16(11-22(3,4)27-21)29-20-8-7-18(25-26-20)17-6-5-14(9-19(17)28)15-12-23-24-13-15;;/h5-9,12-13,16,27-28H,10-11H2,1-4H3,(H,23,24);1H;1H2. The SMILES string of the molecule is CC1(C)CC(Oc2ccc(-c3ccc(-c4cn[nH]c4)cc3O)nn2)CC(C)(C)N1.Cl.O. The number of hydrogen-bond acceptors (Lipinski definition) is 6. The van der Waals surface area contributed by atoms with Crippen molar-refractivity contribution in [2.24, 2.45) is 0 Å². The molecule has 0 bridgehead atoms. The molecule has 2 aromatic heterocycles. The third kappa shape index (κ3) is 5.72. The minimum absolute atomic E-state index is 0. The molecule has 0 atom stereocenters. The Bertz CT molecular complexity index is 975. The number of ether oxygens (including phenoxy) is 1. The molecule has 0 aliphatic carbocycles. The molecular formula is C22H30ClN5O3. The van der Waals surface area contributed by atoms with Crippen molar-refractivity contribution in [3.8, 4) is 34.0 Å². The summed E-state index contributed by atoms with van der Waals surface area (Å²) in [5, 5.41) is 29.3. The van der Waals surface area contributed by atoms with E-state index < -0.39 is 0 Å². The number of rotatable bonds is 4. The van der Waals surface area contributed by atoms with Crippen LogP contribution >= 0.6 is 12.4 Å². The predicted molar refractivity (Wildman–Crippen MR) is 123 cm³/mol. The van der Waals surface area contributed by atoms with Crippen LogP contribution in [0.25, 0.3) is 22.4 Å².